The van der Waals surface area contributed by atoms with E-state index in [-0.39, 0.29) is 5.75 Å². The van der Waals surface area contributed by atoms with Gasteiger partial charge in [0, 0.05) is 5.39 Å². The predicted octanol–water partition coefficient (Wildman–Crippen LogP) is 5.50. The van der Waals surface area contributed by atoms with Crippen molar-refractivity contribution in [3.8, 4) is 22.6 Å². The van der Waals surface area contributed by atoms with Gasteiger partial charge in [-0.1, -0.05) is 48.5 Å². The first-order valence-corrected chi connectivity index (χ1v) is 8.92. The van der Waals surface area contributed by atoms with Crippen LogP contribution in [0.4, 0.5) is 0 Å². The maximum Gasteiger partial charge on any atom is 0.161 e. The number of aromatic amines is 1. The number of H-pyrrole nitrogens is 1. The molecule has 1 aromatic heterocycles. The lowest BCUT2D eigenvalue weighted by Crippen LogP contribution is -1.92. The van der Waals surface area contributed by atoms with E-state index in [1.807, 2.05) is 43.3 Å². The number of phenols is 1. The van der Waals surface area contributed by atoms with Gasteiger partial charge in [0.1, 0.15) is 0 Å². The maximum atomic E-state index is 9.89. The summed E-state index contributed by atoms with van der Waals surface area (Å²) in [4.78, 5) is 0. The summed E-state index contributed by atoms with van der Waals surface area (Å²) in [6.45, 7) is 2.40. The topological polar surface area (TPSA) is 58.1 Å². The van der Waals surface area contributed by atoms with E-state index in [9.17, 15) is 5.11 Å². The highest BCUT2D eigenvalue weighted by Crippen LogP contribution is 2.33. The van der Waals surface area contributed by atoms with Gasteiger partial charge in [-0.05, 0) is 54.0 Å². The summed E-state index contributed by atoms with van der Waals surface area (Å²) >= 11 is 0. The summed E-state index contributed by atoms with van der Waals surface area (Å²) in [5, 5.41) is 18.5. The second-order valence-electron chi connectivity index (χ2n) is 6.23. The number of hydrogen-bond acceptors (Lipinski definition) is 3. The molecule has 0 saturated heterocycles. The van der Waals surface area contributed by atoms with Gasteiger partial charge < -0.3 is 9.84 Å². The van der Waals surface area contributed by atoms with Crippen molar-refractivity contribution in [2.75, 3.05) is 6.61 Å². The lowest BCUT2D eigenvalue weighted by molar-refractivity contribution is 0.318. The molecule has 0 bridgehead atoms. The van der Waals surface area contributed by atoms with E-state index in [0.717, 1.165) is 33.3 Å². The van der Waals surface area contributed by atoms with Crippen molar-refractivity contribution in [1.29, 1.82) is 0 Å². The van der Waals surface area contributed by atoms with Crippen molar-refractivity contribution in [2.24, 2.45) is 0 Å². The molecule has 0 aliphatic heterocycles. The highest BCUT2D eigenvalue weighted by Gasteiger charge is 2.08. The summed E-state index contributed by atoms with van der Waals surface area (Å²) in [6, 6.07) is 21.7. The first kappa shape index (κ1) is 16.9. The fourth-order valence-corrected chi connectivity index (χ4v) is 3.05. The fourth-order valence-electron chi connectivity index (χ4n) is 3.05. The number of nitrogens with zero attached hydrogens (tertiary/aromatic N) is 1. The molecule has 1 heterocycles. The van der Waals surface area contributed by atoms with Crippen molar-refractivity contribution in [3.63, 3.8) is 0 Å². The van der Waals surface area contributed by atoms with Gasteiger partial charge >= 0.3 is 0 Å². The molecule has 0 radical (unpaired) electrons. The van der Waals surface area contributed by atoms with Crippen LogP contribution < -0.4 is 4.74 Å². The standard InChI is InChI=1S/C23H20N2O2/c1-2-27-23-15-18(10-13-22(23)26)17-9-11-19-20(24-25-21(19)14-17)12-8-16-6-4-3-5-7-16/h3-15,26H,2H2,1H3,(H,24,25)/b12-8+. The SMILES string of the molecule is CCOc1cc(-c2ccc3c(/C=C/c4ccccc4)n[nH]c3c2)ccc1O. The molecule has 0 fully saturated rings. The molecule has 4 rings (SSSR count). The molecule has 3 aromatic carbocycles. The third-order valence-electron chi connectivity index (χ3n) is 4.42. The molecule has 134 valence electrons. The second-order valence-corrected chi connectivity index (χ2v) is 6.23. The van der Waals surface area contributed by atoms with Gasteiger partial charge in [0.25, 0.3) is 0 Å². The Kier molecular flexibility index (Phi) is 4.62. The number of phenolic OH excluding ortho intramolecular Hbond substituents is 1. The summed E-state index contributed by atoms with van der Waals surface area (Å²) in [5.41, 5.74) is 5.02. The molecule has 2 N–H and O–H groups in total. The monoisotopic (exact) mass is 356 g/mol. The van der Waals surface area contributed by atoms with Crippen LogP contribution >= 0.6 is 0 Å². The third kappa shape index (κ3) is 3.55. The van der Waals surface area contributed by atoms with Crippen LogP contribution in [0, 0.1) is 0 Å². The lowest BCUT2D eigenvalue weighted by atomic mass is 10.0. The van der Waals surface area contributed by atoms with Crippen LogP contribution in [0.5, 0.6) is 11.5 Å². The van der Waals surface area contributed by atoms with Crippen LogP contribution in [0.25, 0.3) is 34.2 Å². The molecule has 0 amide bonds. The van der Waals surface area contributed by atoms with E-state index in [2.05, 4.69) is 46.6 Å². The van der Waals surface area contributed by atoms with E-state index < -0.39 is 0 Å². The number of benzene rings is 3. The van der Waals surface area contributed by atoms with Crippen LogP contribution in [0.15, 0.2) is 66.7 Å². The molecule has 0 unspecified atom stereocenters. The maximum absolute atomic E-state index is 9.89. The van der Waals surface area contributed by atoms with Crippen molar-refractivity contribution < 1.29 is 9.84 Å². The molecular weight excluding hydrogens is 336 g/mol. The molecule has 0 aliphatic carbocycles. The average Bonchev–Trinajstić information content (AvgIpc) is 3.11. The normalized spacial score (nSPS) is 11.3. The highest BCUT2D eigenvalue weighted by atomic mass is 16.5. The third-order valence-corrected chi connectivity index (χ3v) is 4.42. The summed E-state index contributed by atoms with van der Waals surface area (Å²) in [7, 11) is 0. The van der Waals surface area contributed by atoms with E-state index in [4.69, 9.17) is 4.74 Å². The summed E-state index contributed by atoms with van der Waals surface area (Å²) < 4.78 is 5.49. The predicted molar refractivity (Wildman–Crippen MR) is 110 cm³/mol. The number of ether oxygens (including phenoxy) is 1. The van der Waals surface area contributed by atoms with Crippen LogP contribution in [-0.4, -0.2) is 21.9 Å². The number of fused-ring (bicyclic) bond motifs is 1. The number of rotatable bonds is 5. The zero-order chi connectivity index (χ0) is 18.6. The quantitative estimate of drug-likeness (QED) is 0.496. The Hall–Kier alpha value is -3.53. The van der Waals surface area contributed by atoms with Gasteiger partial charge in [0.2, 0.25) is 0 Å². The van der Waals surface area contributed by atoms with Crippen molar-refractivity contribution in [1.82, 2.24) is 10.2 Å². The van der Waals surface area contributed by atoms with E-state index in [1.54, 1.807) is 6.07 Å². The molecule has 4 aromatic rings. The van der Waals surface area contributed by atoms with Gasteiger partial charge in [0.15, 0.2) is 11.5 Å². The smallest absolute Gasteiger partial charge is 0.161 e. The number of hydrogen-bond donors (Lipinski definition) is 2. The molecule has 0 saturated carbocycles. The minimum Gasteiger partial charge on any atom is -0.504 e. The first-order valence-electron chi connectivity index (χ1n) is 8.92. The number of nitrogens with one attached hydrogen (secondary N) is 1. The van der Waals surface area contributed by atoms with Gasteiger partial charge in [-0.15, -0.1) is 0 Å². The van der Waals surface area contributed by atoms with Gasteiger partial charge in [0.05, 0.1) is 17.8 Å². The minimum atomic E-state index is 0.150. The fraction of sp³-hybridized carbons (Fsp3) is 0.0870. The number of aromatic nitrogens is 2. The Morgan fingerprint density at radius 1 is 0.963 bits per heavy atom. The van der Waals surface area contributed by atoms with Crippen molar-refractivity contribution in [3.05, 3.63) is 78.0 Å². The Morgan fingerprint density at radius 3 is 2.56 bits per heavy atom. The molecule has 27 heavy (non-hydrogen) atoms. The second kappa shape index (κ2) is 7.38. The summed E-state index contributed by atoms with van der Waals surface area (Å²) in [5.74, 6) is 0.641. The molecule has 4 heteroatoms. The van der Waals surface area contributed by atoms with Crippen LogP contribution in [-0.2, 0) is 0 Å². The Morgan fingerprint density at radius 2 is 1.74 bits per heavy atom. The number of aromatic hydroxyl groups is 1. The zero-order valence-electron chi connectivity index (χ0n) is 15.0. The average molecular weight is 356 g/mol. The van der Waals surface area contributed by atoms with E-state index in [0.29, 0.717) is 12.4 Å². The molecular formula is C23H20N2O2. The van der Waals surface area contributed by atoms with Crippen LogP contribution in [0.3, 0.4) is 0 Å². The van der Waals surface area contributed by atoms with E-state index >= 15 is 0 Å². The summed E-state index contributed by atoms with van der Waals surface area (Å²) in [6.07, 6.45) is 4.07. The van der Waals surface area contributed by atoms with Crippen LogP contribution in [0.1, 0.15) is 18.2 Å². The largest absolute Gasteiger partial charge is 0.504 e. The van der Waals surface area contributed by atoms with Gasteiger partial charge in [-0.2, -0.15) is 5.10 Å². The van der Waals surface area contributed by atoms with E-state index in [1.165, 1.54) is 0 Å². The molecule has 4 nitrogen and oxygen atoms in total. The Balaban J connectivity index is 1.66. The molecule has 0 spiro atoms. The molecule has 0 aliphatic rings. The van der Waals surface area contributed by atoms with Crippen molar-refractivity contribution >= 4 is 23.1 Å². The highest BCUT2D eigenvalue weighted by molar-refractivity contribution is 5.92. The molecule has 0 atom stereocenters. The van der Waals surface area contributed by atoms with Crippen LogP contribution in [0.2, 0.25) is 0 Å². The minimum absolute atomic E-state index is 0.150. The Labute approximate surface area is 157 Å². The lowest BCUT2D eigenvalue weighted by Gasteiger charge is -2.08. The zero-order valence-corrected chi connectivity index (χ0v) is 15.0. The van der Waals surface area contributed by atoms with Gasteiger partial charge in [-0.25, -0.2) is 0 Å². The van der Waals surface area contributed by atoms with Crippen molar-refractivity contribution in [2.45, 2.75) is 6.92 Å². The van der Waals surface area contributed by atoms with Gasteiger partial charge in [-0.3, -0.25) is 5.10 Å². The first-order chi connectivity index (χ1) is 13.2. The Bertz CT molecular complexity index is 1100.